The zero-order valence-corrected chi connectivity index (χ0v) is 8.23. The molecule has 0 unspecified atom stereocenters. The van der Waals surface area contributed by atoms with Crippen LogP contribution in [-0.4, -0.2) is 11.3 Å². The van der Waals surface area contributed by atoms with Crippen LogP contribution in [0.25, 0.3) is 0 Å². The maximum atomic E-state index is 8.44. The first-order valence-electron chi connectivity index (χ1n) is 2.63. The van der Waals surface area contributed by atoms with Crippen LogP contribution in [-0.2, 0) is 0 Å². The van der Waals surface area contributed by atoms with Crippen LogP contribution in [0.5, 0.6) is 0 Å². The molecule has 11 heavy (non-hydrogen) atoms. The number of hydrogen-bond donors (Lipinski definition) is 1. The second-order valence-corrected chi connectivity index (χ2v) is 1.42. The minimum Gasteiger partial charge on any atom is -0.565 e. The fourth-order valence-electron chi connectivity index (χ4n) is 0.385. The van der Waals surface area contributed by atoms with Crippen LogP contribution in [0.1, 0.15) is 0 Å². The van der Waals surface area contributed by atoms with Crippen LogP contribution in [0.15, 0.2) is 36.4 Å². The van der Waals surface area contributed by atoms with Crippen molar-refractivity contribution < 1.29 is 44.6 Å². The third kappa shape index (κ3) is 17.7. The Hall–Kier alpha value is -0.510. The van der Waals surface area contributed by atoms with E-state index < -0.39 is 6.16 Å². The second kappa shape index (κ2) is 9.49. The SMILES string of the molecule is O=C([O-])O.[Na+].c1ccccc1. The first-order chi connectivity index (χ1) is 4.73. The van der Waals surface area contributed by atoms with Crippen molar-refractivity contribution in [3.05, 3.63) is 36.4 Å². The summed E-state index contributed by atoms with van der Waals surface area (Å²) in [6, 6.07) is 12.0. The Balaban J connectivity index is 0. The molecule has 1 rings (SSSR count). The topological polar surface area (TPSA) is 60.4 Å². The number of hydrogen-bond acceptors (Lipinski definition) is 2. The molecule has 0 aromatic heterocycles. The average molecular weight is 162 g/mol. The Kier molecular flexibility index (Phi) is 11.3. The molecule has 0 aliphatic heterocycles. The summed E-state index contributed by atoms with van der Waals surface area (Å²) in [5, 5.41) is 15.3. The molecular weight excluding hydrogens is 155 g/mol. The predicted octanol–water partition coefficient (Wildman–Crippen LogP) is -2.42. The maximum Gasteiger partial charge on any atom is 1.00 e. The Morgan fingerprint density at radius 2 is 1.09 bits per heavy atom. The van der Waals surface area contributed by atoms with Crippen molar-refractivity contribution in [3.8, 4) is 0 Å². The van der Waals surface area contributed by atoms with Crippen LogP contribution in [0.3, 0.4) is 0 Å². The Morgan fingerprint density at radius 3 is 1.18 bits per heavy atom. The van der Waals surface area contributed by atoms with Crippen molar-refractivity contribution in [3.63, 3.8) is 0 Å². The van der Waals surface area contributed by atoms with Gasteiger partial charge in [-0.2, -0.15) is 0 Å². The van der Waals surface area contributed by atoms with Gasteiger partial charge in [-0.1, -0.05) is 36.4 Å². The molecule has 0 atom stereocenters. The van der Waals surface area contributed by atoms with Gasteiger partial charge in [-0.3, -0.25) is 0 Å². The van der Waals surface area contributed by atoms with Gasteiger partial charge in [0.15, 0.2) is 0 Å². The van der Waals surface area contributed by atoms with E-state index in [1.807, 2.05) is 36.4 Å². The van der Waals surface area contributed by atoms with Gasteiger partial charge >= 0.3 is 29.6 Å². The van der Waals surface area contributed by atoms with E-state index in [0.29, 0.717) is 0 Å². The van der Waals surface area contributed by atoms with E-state index in [2.05, 4.69) is 0 Å². The molecular formula is C7H7NaO3. The molecule has 0 radical (unpaired) electrons. The summed E-state index contributed by atoms with van der Waals surface area (Å²) >= 11 is 0. The van der Waals surface area contributed by atoms with Crippen LogP contribution in [0, 0.1) is 0 Å². The average Bonchev–Trinajstić information content (AvgIpc) is 1.90. The molecule has 1 aromatic rings. The van der Waals surface area contributed by atoms with Gasteiger partial charge in [0.05, 0.1) is 0 Å². The van der Waals surface area contributed by atoms with E-state index in [0.717, 1.165) is 0 Å². The molecule has 0 aliphatic carbocycles. The van der Waals surface area contributed by atoms with Gasteiger partial charge in [0.25, 0.3) is 0 Å². The standard InChI is InChI=1S/C6H6.CH2O3.Na/c1-2-4-6-5-3-1;2-1(3)4;/h1-6H;(H2,2,3,4);/q;;+1/p-1. The van der Waals surface area contributed by atoms with E-state index in [4.69, 9.17) is 15.0 Å². The van der Waals surface area contributed by atoms with E-state index >= 15 is 0 Å². The normalized spacial score (nSPS) is 6.55. The Morgan fingerprint density at radius 1 is 1.00 bits per heavy atom. The van der Waals surface area contributed by atoms with Gasteiger partial charge in [0.2, 0.25) is 6.16 Å². The first-order valence-corrected chi connectivity index (χ1v) is 2.63. The summed E-state index contributed by atoms with van der Waals surface area (Å²) in [6.45, 7) is 0. The molecule has 54 valence electrons. The molecule has 3 nitrogen and oxygen atoms in total. The summed E-state index contributed by atoms with van der Waals surface area (Å²) in [5.41, 5.74) is 0. The van der Waals surface area contributed by atoms with Gasteiger partial charge in [-0.05, 0) is 0 Å². The van der Waals surface area contributed by atoms with Crippen LogP contribution in [0.2, 0.25) is 0 Å². The van der Waals surface area contributed by atoms with Crippen molar-refractivity contribution in [1.29, 1.82) is 0 Å². The Labute approximate surface area is 87.0 Å². The first kappa shape index (κ1) is 13.1. The zero-order valence-electron chi connectivity index (χ0n) is 6.23. The third-order valence-electron chi connectivity index (χ3n) is 0.667. The minimum atomic E-state index is -2.08. The van der Waals surface area contributed by atoms with Crippen molar-refractivity contribution in [2.24, 2.45) is 0 Å². The molecule has 0 bridgehead atoms. The van der Waals surface area contributed by atoms with Crippen molar-refractivity contribution >= 4 is 6.16 Å². The summed E-state index contributed by atoms with van der Waals surface area (Å²) < 4.78 is 0. The van der Waals surface area contributed by atoms with Gasteiger partial charge in [0.1, 0.15) is 0 Å². The number of carbonyl (C=O) groups is 1. The van der Waals surface area contributed by atoms with Gasteiger partial charge in [-0.15, -0.1) is 0 Å². The molecule has 0 amide bonds. The summed E-state index contributed by atoms with van der Waals surface area (Å²) in [6.07, 6.45) is -2.08. The van der Waals surface area contributed by atoms with E-state index in [1.165, 1.54) is 0 Å². The van der Waals surface area contributed by atoms with Gasteiger partial charge < -0.3 is 15.0 Å². The largest absolute Gasteiger partial charge is 1.00 e. The fourth-order valence-corrected chi connectivity index (χ4v) is 0.385. The molecule has 1 aromatic carbocycles. The van der Waals surface area contributed by atoms with Crippen molar-refractivity contribution in [1.82, 2.24) is 0 Å². The quantitative estimate of drug-likeness (QED) is 0.432. The molecule has 0 fully saturated rings. The van der Waals surface area contributed by atoms with Crippen LogP contribution >= 0.6 is 0 Å². The molecule has 0 saturated heterocycles. The van der Waals surface area contributed by atoms with Gasteiger partial charge in [0, 0.05) is 0 Å². The zero-order chi connectivity index (χ0) is 7.82. The number of benzene rings is 1. The number of rotatable bonds is 0. The molecule has 1 N–H and O–H groups in total. The Bertz CT molecular complexity index is 146. The third-order valence-corrected chi connectivity index (χ3v) is 0.667. The number of carboxylic acid groups (broad SMARTS) is 2. The smallest absolute Gasteiger partial charge is 0.565 e. The van der Waals surface area contributed by atoms with E-state index in [-0.39, 0.29) is 29.6 Å². The fraction of sp³-hybridized carbons (Fsp3) is 0. The van der Waals surface area contributed by atoms with Crippen LogP contribution in [0.4, 0.5) is 4.79 Å². The van der Waals surface area contributed by atoms with Crippen LogP contribution < -0.4 is 34.7 Å². The second-order valence-electron chi connectivity index (χ2n) is 1.42. The summed E-state index contributed by atoms with van der Waals surface area (Å²) in [7, 11) is 0. The maximum absolute atomic E-state index is 8.44. The summed E-state index contributed by atoms with van der Waals surface area (Å²) in [4.78, 5) is 8.44. The molecule has 0 spiro atoms. The molecule has 0 saturated carbocycles. The summed E-state index contributed by atoms with van der Waals surface area (Å²) in [5.74, 6) is 0. The minimum absolute atomic E-state index is 0. The monoisotopic (exact) mass is 162 g/mol. The van der Waals surface area contributed by atoms with E-state index in [1.54, 1.807) is 0 Å². The van der Waals surface area contributed by atoms with E-state index in [9.17, 15) is 0 Å². The van der Waals surface area contributed by atoms with Crippen molar-refractivity contribution in [2.75, 3.05) is 0 Å². The molecule has 0 aliphatic rings. The molecule has 0 heterocycles. The predicted molar refractivity (Wildman–Crippen MR) is 34.5 cm³/mol. The van der Waals surface area contributed by atoms with Gasteiger partial charge in [-0.25, -0.2) is 0 Å². The molecule has 4 heteroatoms. The van der Waals surface area contributed by atoms with Crippen molar-refractivity contribution in [2.45, 2.75) is 0 Å².